The van der Waals surface area contributed by atoms with Crippen molar-refractivity contribution in [1.29, 1.82) is 0 Å². The number of hydrogen-bond acceptors (Lipinski definition) is 3. The third-order valence-electron chi connectivity index (χ3n) is 3.27. The fraction of sp³-hybridized carbons (Fsp3) is 0.222. The third kappa shape index (κ3) is 6.29. The highest BCUT2D eigenvalue weighted by Crippen LogP contribution is 2.20. The number of aryl methyl sites for hydroxylation is 1. The van der Waals surface area contributed by atoms with Crippen molar-refractivity contribution in [2.45, 2.75) is 6.92 Å². The van der Waals surface area contributed by atoms with E-state index in [0.717, 1.165) is 11.3 Å². The van der Waals surface area contributed by atoms with Crippen molar-refractivity contribution < 1.29 is 14.3 Å². The summed E-state index contributed by atoms with van der Waals surface area (Å²) in [5, 5.41) is 5.84. The summed E-state index contributed by atoms with van der Waals surface area (Å²) < 4.78 is 5.53. The molecule has 0 unspecified atom stereocenters. The fourth-order valence-corrected chi connectivity index (χ4v) is 2.55. The normalized spacial score (nSPS) is 10.2. The molecule has 2 aromatic rings. The maximum Gasteiger partial charge on any atom is 0.253 e. The van der Waals surface area contributed by atoms with E-state index in [4.69, 9.17) is 27.9 Å². The van der Waals surface area contributed by atoms with Crippen molar-refractivity contribution in [3.8, 4) is 5.75 Å². The van der Waals surface area contributed by atoms with E-state index in [9.17, 15) is 9.59 Å². The molecule has 0 fully saturated rings. The standard InChI is InChI=1S/C18H18Cl2N2O3/c1-12-3-2-4-14(9-12)25-8-7-21-17(23)11-22-18(24)15-6-5-13(19)10-16(15)20/h2-6,9-10H,7-8,11H2,1H3,(H,21,23)(H,22,24). The number of nitrogens with one attached hydrogen (secondary N) is 2. The topological polar surface area (TPSA) is 67.4 Å². The molecule has 0 saturated carbocycles. The minimum absolute atomic E-state index is 0.151. The Labute approximate surface area is 156 Å². The Morgan fingerprint density at radius 3 is 2.60 bits per heavy atom. The number of hydrogen-bond donors (Lipinski definition) is 2. The van der Waals surface area contributed by atoms with E-state index in [1.54, 1.807) is 6.07 Å². The zero-order chi connectivity index (χ0) is 18.2. The number of carbonyl (C=O) groups excluding carboxylic acids is 2. The first kappa shape index (κ1) is 19.1. The maximum atomic E-state index is 12.0. The molecule has 0 radical (unpaired) electrons. The molecule has 2 amide bonds. The third-order valence-corrected chi connectivity index (χ3v) is 3.82. The van der Waals surface area contributed by atoms with Crippen LogP contribution in [0.4, 0.5) is 0 Å². The lowest BCUT2D eigenvalue weighted by molar-refractivity contribution is -0.120. The molecule has 2 aromatic carbocycles. The fourth-order valence-electron chi connectivity index (χ4n) is 2.06. The molecule has 132 valence electrons. The van der Waals surface area contributed by atoms with Gasteiger partial charge in [-0.05, 0) is 42.8 Å². The van der Waals surface area contributed by atoms with E-state index < -0.39 is 5.91 Å². The van der Waals surface area contributed by atoms with Crippen LogP contribution >= 0.6 is 23.2 Å². The molecule has 2 rings (SSSR count). The highest BCUT2D eigenvalue weighted by molar-refractivity contribution is 6.36. The first-order valence-electron chi connectivity index (χ1n) is 7.65. The van der Waals surface area contributed by atoms with E-state index >= 15 is 0 Å². The zero-order valence-electron chi connectivity index (χ0n) is 13.6. The van der Waals surface area contributed by atoms with Crippen LogP contribution in [-0.2, 0) is 4.79 Å². The van der Waals surface area contributed by atoms with Crippen molar-refractivity contribution >= 4 is 35.0 Å². The predicted molar refractivity (Wildman–Crippen MR) is 98.5 cm³/mol. The predicted octanol–water partition coefficient (Wildman–Crippen LogP) is 3.23. The first-order valence-corrected chi connectivity index (χ1v) is 8.41. The van der Waals surface area contributed by atoms with Crippen LogP contribution in [-0.4, -0.2) is 31.5 Å². The Morgan fingerprint density at radius 2 is 1.88 bits per heavy atom. The van der Waals surface area contributed by atoms with Crippen molar-refractivity contribution in [3.63, 3.8) is 0 Å². The second-order valence-electron chi connectivity index (χ2n) is 5.32. The molecule has 7 heteroatoms. The van der Waals surface area contributed by atoms with Gasteiger partial charge < -0.3 is 15.4 Å². The van der Waals surface area contributed by atoms with Gasteiger partial charge in [0.25, 0.3) is 5.91 Å². The molecule has 2 N–H and O–H groups in total. The molecule has 0 heterocycles. The molecule has 0 aliphatic carbocycles. The quantitative estimate of drug-likeness (QED) is 0.724. The Balaban J connectivity index is 1.69. The summed E-state index contributed by atoms with van der Waals surface area (Å²) in [5.41, 5.74) is 1.37. The number of ether oxygens (including phenoxy) is 1. The van der Waals surface area contributed by atoms with Gasteiger partial charge in [-0.3, -0.25) is 9.59 Å². The van der Waals surface area contributed by atoms with E-state index in [1.807, 2.05) is 31.2 Å². The molecular weight excluding hydrogens is 363 g/mol. The number of rotatable bonds is 7. The summed E-state index contributed by atoms with van der Waals surface area (Å²) in [5.74, 6) is -0.000891. The SMILES string of the molecule is Cc1cccc(OCCNC(=O)CNC(=O)c2ccc(Cl)cc2Cl)c1. The summed E-state index contributed by atoms with van der Waals surface area (Å²) >= 11 is 11.7. The zero-order valence-corrected chi connectivity index (χ0v) is 15.2. The van der Waals surface area contributed by atoms with Crippen LogP contribution in [0.5, 0.6) is 5.75 Å². The summed E-state index contributed by atoms with van der Waals surface area (Å²) in [7, 11) is 0. The van der Waals surface area contributed by atoms with E-state index in [-0.39, 0.29) is 23.0 Å². The molecule has 0 atom stereocenters. The van der Waals surface area contributed by atoms with Crippen LogP contribution in [0.2, 0.25) is 10.0 Å². The van der Waals surface area contributed by atoms with Gasteiger partial charge in [-0.15, -0.1) is 0 Å². The van der Waals surface area contributed by atoms with Crippen LogP contribution < -0.4 is 15.4 Å². The van der Waals surface area contributed by atoms with Gasteiger partial charge in [0.2, 0.25) is 5.91 Å². The number of halogens is 2. The van der Waals surface area contributed by atoms with Gasteiger partial charge in [0.1, 0.15) is 12.4 Å². The Kier molecular flexibility index (Phi) is 7.10. The Hall–Kier alpha value is -2.24. The average Bonchev–Trinajstić information content (AvgIpc) is 2.56. The number of carbonyl (C=O) groups is 2. The van der Waals surface area contributed by atoms with Crippen LogP contribution in [0.15, 0.2) is 42.5 Å². The van der Waals surface area contributed by atoms with Gasteiger partial charge in [0.15, 0.2) is 0 Å². The molecule has 0 bridgehead atoms. The van der Waals surface area contributed by atoms with Crippen LogP contribution in [0, 0.1) is 6.92 Å². The largest absolute Gasteiger partial charge is 0.492 e. The van der Waals surface area contributed by atoms with E-state index in [0.29, 0.717) is 18.2 Å². The minimum Gasteiger partial charge on any atom is -0.492 e. The van der Waals surface area contributed by atoms with Gasteiger partial charge in [-0.25, -0.2) is 0 Å². The molecule has 0 aliphatic rings. The maximum absolute atomic E-state index is 12.0. The second kappa shape index (κ2) is 9.30. The number of amides is 2. The van der Waals surface area contributed by atoms with Gasteiger partial charge in [-0.2, -0.15) is 0 Å². The lowest BCUT2D eigenvalue weighted by Crippen LogP contribution is -2.38. The Morgan fingerprint density at radius 1 is 1.08 bits per heavy atom. The summed E-state index contributed by atoms with van der Waals surface area (Å²) in [6.07, 6.45) is 0. The van der Waals surface area contributed by atoms with Crippen molar-refractivity contribution in [1.82, 2.24) is 10.6 Å². The molecule has 25 heavy (non-hydrogen) atoms. The molecule has 0 saturated heterocycles. The molecular formula is C18H18Cl2N2O3. The lowest BCUT2D eigenvalue weighted by atomic mass is 10.2. The molecule has 5 nitrogen and oxygen atoms in total. The minimum atomic E-state index is -0.437. The van der Waals surface area contributed by atoms with Crippen molar-refractivity contribution in [2.75, 3.05) is 19.7 Å². The summed E-state index contributed by atoms with van der Waals surface area (Å²) in [6.45, 7) is 2.50. The van der Waals surface area contributed by atoms with E-state index in [2.05, 4.69) is 10.6 Å². The summed E-state index contributed by atoms with van der Waals surface area (Å²) in [6, 6.07) is 12.2. The second-order valence-corrected chi connectivity index (χ2v) is 6.17. The molecule has 0 spiro atoms. The van der Waals surface area contributed by atoms with Gasteiger partial charge in [0, 0.05) is 5.02 Å². The van der Waals surface area contributed by atoms with Crippen LogP contribution in [0.25, 0.3) is 0 Å². The molecule has 0 aromatic heterocycles. The lowest BCUT2D eigenvalue weighted by Gasteiger charge is -2.09. The summed E-state index contributed by atoms with van der Waals surface area (Å²) in [4.78, 5) is 23.7. The highest BCUT2D eigenvalue weighted by Gasteiger charge is 2.11. The van der Waals surface area contributed by atoms with Gasteiger partial charge in [0.05, 0.1) is 23.7 Å². The Bertz CT molecular complexity index is 766. The van der Waals surface area contributed by atoms with Gasteiger partial charge >= 0.3 is 0 Å². The van der Waals surface area contributed by atoms with Crippen molar-refractivity contribution in [3.05, 3.63) is 63.6 Å². The average molecular weight is 381 g/mol. The van der Waals surface area contributed by atoms with Gasteiger partial charge in [-0.1, -0.05) is 35.3 Å². The van der Waals surface area contributed by atoms with Crippen molar-refractivity contribution in [2.24, 2.45) is 0 Å². The molecule has 0 aliphatic heterocycles. The number of benzene rings is 2. The van der Waals surface area contributed by atoms with Crippen LogP contribution in [0.1, 0.15) is 15.9 Å². The highest BCUT2D eigenvalue weighted by atomic mass is 35.5. The van der Waals surface area contributed by atoms with E-state index in [1.165, 1.54) is 12.1 Å². The smallest absolute Gasteiger partial charge is 0.253 e. The first-order chi connectivity index (χ1) is 12.0. The monoisotopic (exact) mass is 380 g/mol. The van der Waals surface area contributed by atoms with Crippen LogP contribution in [0.3, 0.4) is 0 Å².